The number of amides is 1. The molecule has 0 saturated heterocycles. The Morgan fingerprint density at radius 2 is 1.79 bits per heavy atom. The van der Waals surface area contributed by atoms with Crippen molar-refractivity contribution in [2.75, 3.05) is 5.32 Å². The topological polar surface area (TPSA) is 38.3 Å². The number of carbonyl (C=O) groups excluding carboxylic acids is 1. The van der Waals surface area contributed by atoms with Crippen LogP contribution in [0.2, 0.25) is 10.0 Å². The smallest absolute Gasteiger partial charge is 0.411 e. The minimum Gasteiger partial charge on any atom is -0.444 e. The molecule has 3 nitrogen and oxygen atoms in total. The molecule has 2 rings (SSSR count). The molecular weight excluding hydrogens is 285 g/mol. The minimum absolute atomic E-state index is 0.216. The number of halogens is 2. The van der Waals surface area contributed by atoms with E-state index in [4.69, 9.17) is 27.9 Å². The second-order valence-electron chi connectivity index (χ2n) is 3.82. The lowest BCUT2D eigenvalue weighted by Crippen LogP contribution is -2.13. The first-order valence-electron chi connectivity index (χ1n) is 5.58. The molecule has 0 radical (unpaired) electrons. The Bertz CT molecular complexity index is 573. The molecule has 0 fully saturated rings. The highest BCUT2D eigenvalue weighted by molar-refractivity contribution is 6.42. The first kappa shape index (κ1) is 13.7. The molecule has 1 amide bonds. The third-order valence-electron chi connectivity index (χ3n) is 2.38. The number of carbonyl (C=O) groups is 1. The Labute approximate surface area is 121 Å². The van der Waals surface area contributed by atoms with Crippen LogP contribution in [0.3, 0.4) is 0 Å². The highest BCUT2D eigenvalue weighted by Gasteiger charge is 2.05. The Morgan fingerprint density at radius 3 is 2.47 bits per heavy atom. The van der Waals surface area contributed by atoms with Crippen molar-refractivity contribution >= 4 is 35.0 Å². The molecule has 0 unspecified atom stereocenters. The zero-order valence-corrected chi connectivity index (χ0v) is 11.4. The van der Waals surface area contributed by atoms with Gasteiger partial charge in [-0.05, 0) is 23.8 Å². The summed E-state index contributed by atoms with van der Waals surface area (Å²) in [5.74, 6) is 0. The summed E-state index contributed by atoms with van der Waals surface area (Å²) in [5, 5.41) is 3.39. The van der Waals surface area contributed by atoms with E-state index < -0.39 is 6.09 Å². The lowest BCUT2D eigenvalue weighted by Gasteiger charge is -2.07. The van der Waals surface area contributed by atoms with Crippen LogP contribution in [0.15, 0.2) is 48.5 Å². The molecule has 5 heteroatoms. The van der Waals surface area contributed by atoms with Gasteiger partial charge >= 0.3 is 6.09 Å². The number of hydrogen-bond donors (Lipinski definition) is 1. The summed E-state index contributed by atoms with van der Waals surface area (Å²) in [6.45, 7) is 0.216. The van der Waals surface area contributed by atoms with Gasteiger partial charge in [0.25, 0.3) is 0 Å². The number of anilines is 1. The van der Waals surface area contributed by atoms with Crippen molar-refractivity contribution in [3.05, 3.63) is 64.1 Å². The fraction of sp³-hybridized carbons (Fsp3) is 0.0714. The van der Waals surface area contributed by atoms with Gasteiger partial charge in [0.05, 0.1) is 10.0 Å². The number of rotatable bonds is 3. The van der Waals surface area contributed by atoms with Crippen molar-refractivity contribution in [2.45, 2.75) is 6.61 Å². The third kappa shape index (κ3) is 4.16. The van der Waals surface area contributed by atoms with Gasteiger partial charge in [-0.2, -0.15) is 0 Å². The van der Waals surface area contributed by atoms with Crippen LogP contribution in [0.4, 0.5) is 10.5 Å². The van der Waals surface area contributed by atoms with E-state index in [1.807, 2.05) is 30.3 Å². The maximum absolute atomic E-state index is 11.6. The SMILES string of the molecule is O=C(Nc1ccc(Cl)c(Cl)c1)OCc1ccccc1. The summed E-state index contributed by atoms with van der Waals surface area (Å²) in [7, 11) is 0. The molecule has 0 bridgehead atoms. The van der Waals surface area contributed by atoms with Gasteiger partial charge in [-0.25, -0.2) is 4.79 Å². The van der Waals surface area contributed by atoms with E-state index >= 15 is 0 Å². The van der Waals surface area contributed by atoms with Crippen molar-refractivity contribution in [3.63, 3.8) is 0 Å². The average Bonchev–Trinajstić information content (AvgIpc) is 2.42. The van der Waals surface area contributed by atoms with E-state index in [2.05, 4.69) is 5.32 Å². The second-order valence-corrected chi connectivity index (χ2v) is 4.63. The Balaban J connectivity index is 1.89. The van der Waals surface area contributed by atoms with Crippen LogP contribution in [0, 0.1) is 0 Å². The number of ether oxygens (including phenoxy) is 1. The standard InChI is InChI=1S/C14H11Cl2NO2/c15-12-7-6-11(8-13(12)16)17-14(18)19-9-10-4-2-1-3-5-10/h1-8H,9H2,(H,17,18). The fourth-order valence-corrected chi connectivity index (χ4v) is 1.75. The molecule has 1 N–H and O–H groups in total. The van der Waals surface area contributed by atoms with Crippen LogP contribution in [0.5, 0.6) is 0 Å². The molecule has 0 aliphatic heterocycles. The zero-order valence-electron chi connectivity index (χ0n) is 9.90. The van der Waals surface area contributed by atoms with Crippen molar-refractivity contribution in [1.82, 2.24) is 0 Å². The molecule has 0 atom stereocenters. The van der Waals surface area contributed by atoms with Gasteiger partial charge in [-0.3, -0.25) is 5.32 Å². The fourth-order valence-electron chi connectivity index (χ4n) is 1.45. The highest BCUT2D eigenvalue weighted by Crippen LogP contribution is 2.25. The lowest BCUT2D eigenvalue weighted by atomic mass is 10.2. The van der Waals surface area contributed by atoms with Gasteiger partial charge in [0.2, 0.25) is 0 Å². The molecule has 0 aromatic heterocycles. The maximum Gasteiger partial charge on any atom is 0.411 e. The molecule has 0 aliphatic rings. The molecule has 0 saturated carbocycles. The summed E-state index contributed by atoms with van der Waals surface area (Å²) < 4.78 is 5.08. The molecule has 2 aromatic rings. The van der Waals surface area contributed by atoms with E-state index in [1.165, 1.54) is 0 Å². The van der Waals surface area contributed by atoms with Crippen molar-refractivity contribution < 1.29 is 9.53 Å². The van der Waals surface area contributed by atoms with Gasteiger partial charge < -0.3 is 4.74 Å². The largest absolute Gasteiger partial charge is 0.444 e. The summed E-state index contributed by atoms with van der Waals surface area (Å²) in [6, 6.07) is 14.3. The molecule has 2 aromatic carbocycles. The average molecular weight is 296 g/mol. The van der Waals surface area contributed by atoms with Crippen molar-refractivity contribution in [3.8, 4) is 0 Å². The first-order chi connectivity index (χ1) is 9.15. The Morgan fingerprint density at radius 1 is 1.05 bits per heavy atom. The van der Waals surface area contributed by atoms with Gasteiger partial charge in [-0.1, -0.05) is 53.5 Å². The lowest BCUT2D eigenvalue weighted by molar-refractivity contribution is 0.155. The predicted molar refractivity (Wildman–Crippen MR) is 76.7 cm³/mol. The van der Waals surface area contributed by atoms with Gasteiger partial charge in [0, 0.05) is 5.69 Å². The summed E-state index contributed by atoms with van der Waals surface area (Å²) in [6.07, 6.45) is -0.540. The minimum atomic E-state index is -0.540. The van der Waals surface area contributed by atoms with E-state index in [9.17, 15) is 4.79 Å². The monoisotopic (exact) mass is 295 g/mol. The molecule has 98 valence electrons. The summed E-state index contributed by atoms with van der Waals surface area (Å²) in [4.78, 5) is 11.6. The molecule has 0 aliphatic carbocycles. The maximum atomic E-state index is 11.6. The van der Waals surface area contributed by atoms with Crippen molar-refractivity contribution in [1.29, 1.82) is 0 Å². The quantitative estimate of drug-likeness (QED) is 0.888. The first-order valence-corrected chi connectivity index (χ1v) is 6.33. The molecule has 0 spiro atoms. The van der Waals surface area contributed by atoms with E-state index in [0.29, 0.717) is 15.7 Å². The van der Waals surface area contributed by atoms with Gasteiger partial charge in [-0.15, -0.1) is 0 Å². The Hall–Kier alpha value is -1.71. The van der Waals surface area contributed by atoms with Crippen LogP contribution in [0.25, 0.3) is 0 Å². The number of nitrogens with one attached hydrogen (secondary N) is 1. The van der Waals surface area contributed by atoms with Crippen LogP contribution >= 0.6 is 23.2 Å². The number of hydrogen-bond acceptors (Lipinski definition) is 2. The molecule has 19 heavy (non-hydrogen) atoms. The normalized spacial score (nSPS) is 10.0. The summed E-state index contributed by atoms with van der Waals surface area (Å²) >= 11 is 11.6. The highest BCUT2D eigenvalue weighted by atomic mass is 35.5. The summed E-state index contributed by atoms with van der Waals surface area (Å²) in [5.41, 5.74) is 1.46. The van der Waals surface area contributed by atoms with Crippen LogP contribution in [-0.4, -0.2) is 6.09 Å². The van der Waals surface area contributed by atoms with E-state index in [-0.39, 0.29) is 6.61 Å². The molecule has 0 heterocycles. The third-order valence-corrected chi connectivity index (χ3v) is 3.12. The number of benzene rings is 2. The van der Waals surface area contributed by atoms with Crippen LogP contribution < -0.4 is 5.32 Å². The van der Waals surface area contributed by atoms with Gasteiger partial charge in [0.15, 0.2) is 0 Å². The predicted octanol–water partition coefficient (Wildman–Crippen LogP) is 4.74. The van der Waals surface area contributed by atoms with Gasteiger partial charge in [0.1, 0.15) is 6.61 Å². The van der Waals surface area contributed by atoms with Crippen LogP contribution in [-0.2, 0) is 11.3 Å². The molecular formula is C14H11Cl2NO2. The van der Waals surface area contributed by atoms with E-state index in [1.54, 1.807) is 18.2 Å². The second kappa shape index (κ2) is 6.45. The van der Waals surface area contributed by atoms with E-state index in [0.717, 1.165) is 5.56 Å². The van der Waals surface area contributed by atoms with Crippen LogP contribution in [0.1, 0.15) is 5.56 Å². The Kier molecular flexibility index (Phi) is 4.66. The van der Waals surface area contributed by atoms with Crippen molar-refractivity contribution in [2.24, 2.45) is 0 Å². The zero-order chi connectivity index (χ0) is 13.7.